The average Bonchev–Trinajstić information content (AvgIpc) is 2.59. The highest BCUT2D eigenvalue weighted by molar-refractivity contribution is 5.92. The predicted octanol–water partition coefficient (Wildman–Crippen LogP) is 3.46. The molecule has 0 aliphatic rings. The van der Waals surface area contributed by atoms with Crippen LogP contribution >= 0.6 is 0 Å². The van der Waals surface area contributed by atoms with Gasteiger partial charge < -0.3 is 14.4 Å². The summed E-state index contributed by atoms with van der Waals surface area (Å²) in [6.45, 7) is 3.86. The fourth-order valence-electron chi connectivity index (χ4n) is 2.24. The number of benzene rings is 2. The van der Waals surface area contributed by atoms with Gasteiger partial charge in [0.05, 0.1) is 11.7 Å². The zero-order valence-electron chi connectivity index (χ0n) is 14.9. The maximum absolute atomic E-state index is 12.5. The van der Waals surface area contributed by atoms with E-state index in [1.54, 1.807) is 62.6 Å². The molecule has 0 fully saturated rings. The largest absolute Gasteiger partial charge is 0.491 e. The fourth-order valence-corrected chi connectivity index (χ4v) is 2.24. The van der Waals surface area contributed by atoms with Crippen molar-refractivity contribution in [1.29, 1.82) is 0 Å². The van der Waals surface area contributed by atoms with Gasteiger partial charge in [-0.25, -0.2) is 4.79 Å². The van der Waals surface area contributed by atoms with Crippen molar-refractivity contribution in [2.45, 2.75) is 26.1 Å². The second-order valence-electron chi connectivity index (χ2n) is 6.12. The number of amides is 1. The minimum Gasteiger partial charge on any atom is -0.491 e. The molecule has 25 heavy (non-hydrogen) atoms. The zero-order valence-corrected chi connectivity index (χ0v) is 14.9. The summed E-state index contributed by atoms with van der Waals surface area (Å²) >= 11 is 0. The molecule has 0 radical (unpaired) electrons. The van der Waals surface area contributed by atoms with Gasteiger partial charge in [0.25, 0.3) is 5.91 Å². The number of esters is 1. The lowest BCUT2D eigenvalue weighted by molar-refractivity contribution is -0.138. The number of ether oxygens (including phenoxy) is 2. The van der Waals surface area contributed by atoms with Crippen molar-refractivity contribution in [3.63, 3.8) is 0 Å². The lowest BCUT2D eigenvalue weighted by atomic mass is 10.1. The fraction of sp³-hybridized carbons (Fsp3) is 0.300. The van der Waals surface area contributed by atoms with Gasteiger partial charge in [0.15, 0.2) is 0 Å². The number of carbonyl (C=O) groups is 2. The van der Waals surface area contributed by atoms with Crippen LogP contribution in [0.4, 0.5) is 0 Å². The quantitative estimate of drug-likeness (QED) is 0.755. The van der Waals surface area contributed by atoms with E-state index in [1.165, 1.54) is 4.90 Å². The van der Waals surface area contributed by atoms with Crippen LogP contribution in [-0.2, 0) is 9.53 Å². The maximum Gasteiger partial charge on any atom is 0.339 e. The first-order valence-electron chi connectivity index (χ1n) is 8.12. The molecule has 0 heterocycles. The van der Waals surface area contributed by atoms with Crippen LogP contribution in [0.1, 0.15) is 35.9 Å². The lowest BCUT2D eigenvalue weighted by Crippen LogP contribution is -2.31. The van der Waals surface area contributed by atoms with Crippen molar-refractivity contribution in [2.75, 3.05) is 14.1 Å². The second kappa shape index (κ2) is 8.33. The van der Waals surface area contributed by atoms with Crippen molar-refractivity contribution in [2.24, 2.45) is 0 Å². The number of hydrogen-bond acceptors (Lipinski definition) is 4. The van der Waals surface area contributed by atoms with Crippen molar-refractivity contribution in [3.8, 4) is 5.75 Å². The SMILES string of the molecule is CC(C)Oc1ccc(C(=O)O[C@H](C(=O)N(C)C)c2ccccc2)cc1. The highest BCUT2D eigenvalue weighted by atomic mass is 16.5. The van der Waals surface area contributed by atoms with E-state index < -0.39 is 12.1 Å². The van der Waals surface area contributed by atoms with Crippen LogP contribution in [0.5, 0.6) is 5.75 Å². The molecular weight excluding hydrogens is 318 g/mol. The summed E-state index contributed by atoms with van der Waals surface area (Å²) in [6.07, 6.45) is -0.923. The molecule has 0 aliphatic heterocycles. The Morgan fingerprint density at radius 3 is 2.04 bits per heavy atom. The van der Waals surface area contributed by atoms with Crippen molar-refractivity contribution < 1.29 is 19.1 Å². The van der Waals surface area contributed by atoms with E-state index >= 15 is 0 Å². The number of carbonyl (C=O) groups excluding carboxylic acids is 2. The molecular formula is C20H23NO4. The summed E-state index contributed by atoms with van der Waals surface area (Å²) in [6, 6.07) is 15.6. The van der Waals surface area contributed by atoms with Crippen molar-refractivity contribution in [3.05, 3.63) is 65.7 Å². The van der Waals surface area contributed by atoms with Gasteiger partial charge in [0.2, 0.25) is 6.10 Å². The van der Waals surface area contributed by atoms with Gasteiger partial charge in [-0.1, -0.05) is 30.3 Å². The first kappa shape index (κ1) is 18.5. The molecule has 5 heteroatoms. The standard InChI is InChI=1S/C20H23NO4/c1-14(2)24-17-12-10-16(11-13-17)20(23)25-18(19(22)21(3)4)15-8-6-5-7-9-15/h5-14,18H,1-4H3/t18-/m0/s1. The Morgan fingerprint density at radius 1 is 0.920 bits per heavy atom. The van der Waals surface area contributed by atoms with Crippen LogP contribution in [0.25, 0.3) is 0 Å². The highest BCUT2D eigenvalue weighted by Gasteiger charge is 2.26. The van der Waals surface area contributed by atoms with Crippen LogP contribution in [-0.4, -0.2) is 37.0 Å². The topological polar surface area (TPSA) is 55.8 Å². The smallest absolute Gasteiger partial charge is 0.339 e. The van der Waals surface area contributed by atoms with Gasteiger partial charge in [-0.2, -0.15) is 0 Å². The minimum absolute atomic E-state index is 0.0537. The van der Waals surface area contributed by atoms with Crippen LogP contribution in [0, 0.1) is 0 Å². The molecule has 0 spiro atoms. The van der Waals surface area contributed by atoms with E-state index in [9.17, 15) is 9.59 Å². The summed E-state index contributed by atoms with van der Waals surface area (Å²) in [5.41, 5.74) is 0.998. The molecule has 2 aromatic carbocycles. The molecule has 2 rings (SSSR count). The Labute approximate surface area is 148 Å². The molecule has 0 saturated heterocycles. The monoisotopic (exact) mass is 341 g/mol. The van der Waals surface area contributed by atoms with E-state index in [1.807, 2.05) is 19.9 Å². The van der Waals surface area contributed by atoms with Crippen LogP contribution in [0.3, 0.4) is 0 Å². The number of nitrogens with zero attached hydrogens (tertiary/aromatic N) is 1. The van der Waals surface area contributed by atoms with E-state index in [0.717, 1.165) is 0 Å². The molecule has 5 nitrogen and oxygen atoms in total. The molecule has 0 aliphatic carbocycles. The lowest BCUT2D eigenvalue weighted by Gasteiger charge is -2.21. The predicted molar refractivity (Wildman–Crippen MR) is 95.5 cm³/mol. The van der Waals surface area contributed by atoms with E-state index in [0.29, 0.717) is 16.9 Å². The summed E-state index contributed by atoms with van der Waals surface area (Å²) in [4.78, 5) is 26.3. The number of likely N-dealkylation sites (N-methyl/N-ethyl adjacent to an activating group) is 1. The van der Waals surface area contributed by atoms with Gasteiger partial charge in [-0.15, -0.1) is 0 Å². The van der Waals surface area contributed by atoms with Crippen LogP contribution < -0.4 is 4.74 Å². The molecule has 2 aromatic rings. The van der Waals surface area contributed by atoms with Gasteiger partial charge >= 0.3 is 5.97 Å². The Hall–Kier alpha value is -2.82. The van der Waals surface area contributed by atoms with Crippen LogP contribution in [0.2, 0.25) is 0 Å². The van der Waals surface area contributed by atoms with Crippen molar-refractivity contribution >= 4 is 11.9 Å². The third kappa shape index (κ3) is 5.08. The molecule has 1 atom stereocenters. The Bertz CT molecular complexity index is 708. The molecule has 1 amide bonds. The first-order chi connectivity index (χ1) is 11.9. The summed E-state index contributed by atoms with van der Waals surface area (Å²) < 4.78 is 11.1. The van der Waals surface area contributed by atoms with Gasteiger partial charge in [-0.05, 0) is 38.1 Å². The van der Waals surface area contributed by atoms with Gasteiger partial charge in [0, 0.05) is 19.7 Å². The molecule has 0 saturated carbocycles. The number of hydrogen-bond donors (Lipinski definition) is 0. The normalized spacial score (nSPS) is 11.7. The number of rotatable bonds is 6. The van der Waals surface area contributed by atoms with Gasteiger partial charge in [-0.3, -0.25) is 4.79 Å². The molecule has 0 N–H and O–H groups in total. The molecule has 0 bridgehead atoms. The highest BCUT2D eigenvalue weighted by Crippen LogP contribution is 2.22. The third-order valence-corrected chi connectivity index (χ3v) is 3.45. The van der Waals surface area contributed by atoms with Crippen molar-refractivity contribution in [1.82, 2.24) is 4.90 Å². The van der Waals surface area contributed by atoms with Gasteiger partial charge in [0.1, 0.15) is 5.75 Å². The maximum atomic E-state index is 12.5. The molecule has 0 aromatic heterocycles. The molecule has 0 unspecified atom stereocenters. The average molecular weight is 341 g/mol. The Morgan fingerprint density at radius 2 is 1.52 bits per heavy atom. The summed E-state index contributed by atoms with van der Waals surface area (Å²) in [5, 5.41) is 0. The van der Waals surface area contributed by atoms with Crippen LogP contribution in [0.15, 0.2) is 54.6 Å². The first-order valence-corrected chi connectivity index (χ1v) is 8.12. The van der Waals surface area contributed by atoms with E-state index in [4.69, 9.17) is 9.47 Å². The summed E-state index contributed by atoms with van der Waals surface area (Å²) in [7, 11) is 3.26. The Kier molecular flexibility index (Phi) is 6.17. The molecule has 132 valence electrons. The van der Waals surface area contributed by atoms with E-state index in [2.05, 4.69) is 0 Å². The van der Waals surface area contributed by atoms with E-state index in [-0.39, 0.29) is 12.0 Å². The minimum atomic E-state index is -0.977. The zero-order chi connectivity index (χ0) is 18.4. The third-order valence-electron chi connectivity index (χ3n) is 3.45. The summed E-state index contributed by atoms with van der Waals surface area (Å²) in [5.74, 6) is -0.171. The Balaban J connectivity index is 2.18. The second-order valence-corrected chi connectivity index (χ2v) is 6.12.